The Hall–Kier alpha value is -1.70. The third kappa shape index (κ3) is 5.74. The minimum Gasteiger partial charge on any atom is -0.261 e. The molecule has 0 aliphatic heterocycles. The first-order valence-corrected chi connectivity index (χ1v) is 9.32. The molecule has 0 N–H and O–H groups in total. The summed E-state index contributed by atoms with van der Waals surface area (Å²) in [6.07, 6.45) is 5.27. The molecular formula is C22H32N2. The Morgan fingerprint density at radius 3 is 2.17 bits per heavy atom. The Morgan fingerprint density at radius 2 is 1.50 bits per heavy atom. The van der Waals surface area contributed by atoms with Gasteiger partial charge in [-0.05, 0) is 67.2 Å². The zero-order valence-corrected chi connectivity index (χ0v) is 15.9. The number of hydrogen-bond acceptors (Lipinski definition) is 2. The third-order valence-corrected chi connectivity index (χ3v) is 4.66. The van der Waals surface area contributed by atoms with Crippen molar-refractivity contribution >= 4 is 0 Å². The summed E-state index contributed by atoms with van der Waals surface area (Å²) in [6.45, 7) is 11.4. The van der Waals surface area contributed by atoms with Gasteiger partial charge in [0.1, 0.15) is 0 Å². The van der Waals surface area contributed by atoms with Gasteiger partial charge >= 0.3 is 0 Å². The van der Waals surface area contributed by atoms with Crippen molar-refractivity contribution in [2.24, 2.45) is 11.8 Å². The summed E-state index contributed by atoms with van der Waals surface area (Å²) in [5.74, 6) is 2.34. The second-order valence-electron chi connectivity index (χ2n) is 7.79. The second kappa shape index (κ2) is 8.96. The van der Waals surface area contributed by atoms with Crippen LogP contribution in [-0.4, -0.2) is 9.97 Å². The van der Waals surface area contributed by atoms with E-state index < -0.39 is 0 Å². The maximum absolute atomic E-state index is 4.93. The molecule has 24 heavy (non-hydrogen) atoms. The van der Waals surface area contributed by atoms with Gasteiger partial charge < -0.3 is 0 Å². The van der Waals surface area contributed by atoms with Crippen LogP contribution in [0.4, 0.5) is 0 Å². The minimum atomic E-state index is 0.490. The van der Waals surface area contributed by atoms with Crippen LogP contribution in [0.25, 0.3) is 0 Å². The van der Waals surface area contributed by atoms with Crippen molar-refractivity contribution in [3.63, 3.8) is 0 Å². The highest BCUT2D eigenvalue weighted by Crippen LogP contribution is 2.25. The lowest BCUT2D eigenvalue weighted by molar-refractivity contribution is 0.469. The van der Waals surface area contributed by atoms with Gasteiger partial charge in [-0.3, -0.25) is 9.97 Å². The summed E-state index contributed by atoms with van der Waals surface area (Å²) in [6, 6.07) is 12.7. The number of hydrogen-bond donors (Lipinski definition) is 0. The van der Waals surface area contributed by atoms with Gasteiger partial charge in [0.25, 0.3) is 0 Å². The molecule has 2 aromatic heterocycles. The van der Waals surface area contributed by atoms with Crippen LogP contribution in [-0.2, 0) is 6.42 Å². The summed E-state index contributed by atoms with van der Waals surface area (Å²) in [5, 5.41) is 0. The van der Waals surface area contributed by atoms with Gasteiger partial charge in [0.2, 0.25) is 0 Å². The van der Waals surface area contributed by atoms with Gasteiger partial charge in [0.15, 0.2) is 0 Å². The van der Waals surface area contributed by atoms with Crippen LogP contribution in [0.3, 0.4) is 0 Å². The summed E-state index contributed by atoms with van der Waals surface area (Å²) in [4.78, 5) is 9.42. The van der Waals surface area contributed by atoms with Gasteiger partial charge in [-0.25, -0.2) is 0 Å². The fourth-order valence-electron chi connectivity index (χ4n) is 3.55. The predicted molar refractivity (Wildman–Crippen MR) is 102 cm³/mol. The van der Waals surface area contributed by atoms with Crippen LogP contribution in [0.2, 0.25) is 0 Å². The average Bonchev–Trinajstić information content (AvgIpc) is 2.55. The topological polar surface area (TPSA) is 25.8 Å². The molecule has 2 nitrogen and oxygen atoms in total. The second-order valence-corrected chi connectivity index (χ2v) is 7.79. The highest BCUT2D eigenvalue weighted by atomic mass is 14.7. The molecule has 0 saturated heterocycles. The van der Waals surface area contributed by atoms with E-state index in [1.807, 2.05) is 12.3 Å². The van der Waals surface area contributed by atoms with E-state index >= 15 is 0 Å². The Labute approximate surface area is 147 Å². The maximum atomic E-state index is 4.93. The summed E-state index contributed by atoms with van der Waals surface area (Å²) < 4.78 is 0. The molecule has 2 aromatic rings. The van der Waals surface area contributed by atoms with Crippen LogP contribution in [0.5, 0.6) is 0 Å². The zero-order chi connectivity index (χ0) is 17.5. The van der Waals surface area contributed by atoms with Crippen molar-refractivity contribution < 1.29 is 0 Å². The van der Waals surface area contributed by atoms with Crippen molar-refractivity contribution in [3.8, 4) is 0 Å². The van der Waals surface area contributed by atoms with E-state index in [4.69, 9.17) is 4.98 Å². The normalized spacial score (nSPS) is 15.2. The van der Waals surface area contributed by atoms with Gasteiger partial charge in [-0.1, -0.05) is 46.8 Å². The molecule has 0 aliphatic rings. The van der Waals surface area contributed by atoms with Crippen molar-refractivity contribution in [1.82, 2.24) is 9.97 Å². The Kier molecular flexibility index (Phi) is 6.96. The predicted octanol–water partition coefficient (Wildman–Crippen LogP) is 6.00. The molecule has 0 fully saturated rings. The third-order valence-electron chi connectivity index (χ3n) is 4.66. The largest absolute Gasteiger partial charge is 0.261 e. The Bertz CT molecular complexity index is 606. The minimum absolute atomic E-state index is 0.490. The monoisotopic (exact) mass is 324 g/mol. The van der Waals surface area contributed by atoms with E-state index in [9.17, 15) is 0 Å². The highest BCUT2D eigenvalue weighted by Gasteiger charge is 2.14. The molecule has 0 radical (unpaired) electrons. The molecule has 0 aliphatic carbocycles. The number of rotatable bonds is 8. The van der Waals surface area contributed by atoms with Crippen molar-refractivity contribution in [2.45, 2.75) is 65.7 Å². The van der Waals surface area contributed by atoms with Crippen molar-refractivity contribution in [3.05, 3.63) is 59.7 Å². The molecule has 0 spiro atoms. The van der Waals surface area contributed by atoms with E-state index in [0.29, 0.717) is 23.7 Å². The maximum Gasteiger partial charge on any atom is 0.0435 e. The molecule has 2 unspecified atom stereocenters. The first-order chi connectivity index (χ1) is 11.5. The number of pyridine rings is 2. The smallest absolute Gasteiger partial charge is 0.0435 e. The lowest BCUT2D eigenvalue weighted by Gasteiger charge is -2.18. The fraction of sp³-hybridized carbons (Fsp3) is 0.545. The van der Waals surface area contributed by atoms with Gasteiger partial charge in [0.05, 0.1) is 0 Å². The van der Waals surface area contributed by atoms with E-state index in [0.717, 1.165) is 12.8 Å². The first-order valence-electron chi connectivity index (χ1n) is 9.32. The summed E-state index contributed by atoms with van der Waals surface area (Å²) in [5.41, 5.74) is 3.66. The molecule has 0 saturated carbocycles. The SMILES string of the molecule is CC(C)C[C@H](C)c1cccc(CC(C)CC(C)c2ccccn2)n1. The van der Waals surface area contributed by atoms with E-state index in [1.54, 1.807) is 0 Å². The average molecular weight is 325 g/mol. The van der Waals surface area contributed by atoms with Crippen LogP contribution in [0.15, 0.2) is 42.6 Å². The Balaban J connectivity index is 1.95. The lowest BCUT2D eigenvalue weighted by Crippen LogP contribution is -2.09. The molecular weight excluding hydrogens is 292 g/mol. The number of nitrogens with zero attached hydrogens (tertiary/aromatic N) is 2. The van der Waals surface area contributed by atoms with E-state index in [1.165, 1.54) is 23.5 Å². The number of aromatic nitrogens is 2. The van der Waals surface area contributed by atoms with Crippen LogP contribution in [0.1, 0.15) is 76.4 Å². The first kappa shape index (κ1) is 18.6. The molecule has 0 amide bonds. The quantitative estimate of drug-likeness (QED) is 0.595. The Morgan fingerprint density at radius 1 is 0.792 bits per heavy atom. The zero-order valence-electron chi connectivity index (χ0n) is 15.9. The molecule has 2 rings (SSSR count). The lowest BCUT2D eigenvalue weighted by atomic mass is 9.90. The van der Waals surface area contributed by atoms with Crippen molar-refractivity contribution in [1.29, 1.82) is 0 Å². The van der Waals surface area contributed by atoms with Gasteiger partial charge in [-0.2, -0.15) is 0 Å². The summed E-state index contributed by atoms with van der Waals surface area (Å²) >= 11 is 0. The van der Waals surface area contributed by atoms with E-state index in [-0.39, 0.29) is 0 Å². The summed E-state index contributed by atoms with van der Waals surface area (Å²) in [7, 11) is 0. The van der Waals surface area contributed by atoms with Gasteiger partial charge in [0, 0.05) is 23.3 Å². The van der Waals surface area contributed by atoms with Crippen LogP contribution in [0, 0.1) is 11.8 Å². The standard InChI is InChI=1S/C22H32N2/c1-16(2)13-18(4)22-11-8-9-20(24-22)15-17(3)14-19(5)21-10-6-7-12-23-21/h6-12,16-19H,13-15H2,1-5H3/t17?,18-,19?/m0/s1. The van der Waals surface area contributed by atoms with Gasteiger partial charge in [-0.15, -0.1) is 0 Å². The van der Waals surface area contributed by atoms with Crippen LogP contribution < -0.4 is 0 Å². The molecule has 130 valence electrons. The van der Waals surface area contributed by atoms with Crippen molar-refractivity contribution in [2.75, 3.05) is 0 Å². The molecule has 0 aromatic carbocycles. The van der Waals surface area contributed by atoms with E-state index in [2.05, 4.69) is 69.9 Å². The molecule has 2 heteroatoms. The highest BCUT2D eigenvalue weighted by molar-refractivity contribution is 5.15. The fourth-order valence-corrected chi connectivity index (χ4v) is 3.55. The molecule has 0 bridgehead atoms. The molecule has 3 atom stereocenters. The van der Waals surface area contributed by atoms with Crippen LogP contribution >= 0.6 is 0 Å². The molecule has 2 heterocycles.